The van der Waals surface area contributed by atoms with Crippen LogP contribution in [-0.4, -0.2) is 46.6 Å². The van der Waals surface area contributed by atoms with Gasteiger partial charge < -0.3 is 15.2 Å². The average Bonchev–Trinajstić information content (AvgIpc) is 2.77. The normalized spacial score (nSPS) is 18.8. The second kappa shape index (κ2) is 7.76. The Kier molecular flexibility index (Phi) is 5.95. The van der Waals surface area contributed by atoms with E-state index in [1.807, 2.05) is 24.3 Å². The Hall–Kier alpha value is -1.93. The van der Waals surface area contributed by atoms with Crippen LogP contribution in [0.15, 0.2) is 28.7 Å². The van der Waals surface area contributed by atoms with E-state index in [1.165, 1.54) is 0 Å². The fourth-order valence-electron chi connectivity index (χ4n) is 2.49. The van der Waals surface area contributed by atoms with Crippen LogP contribution in [0.25, 0.3) is 0 Å². The fourth-order valence-corrected chi connectivity index (χ4v) is 2.76. The summed E-state index contributed by atoms with van der Waals surface area (Å²) in [7, 11) is 0. The summed E-state index contributed by atoms with van der Waals surface area (Å²) in [6.07, 6.45) is 0. The molecule has 0 spiro atoms. The first kappa shape index (κ1) is 18.4. The number of halogens is 1. The van der Waals surface area contributed by atoms with Gasteiger partial charge in [0.1, 0.15) is 12.1 Å². The standard InChI is InChI=1S/C16H19BrN2O5/c1-9(2)13(15(21)22)19-14(20)12(18-16(19)23)8-24-7-10-3-5-11(17)6-4-10/h3-6,9,12-13H,7-8H2,1-2H3,(H,18,23)(H,21,22)/t12-,13+/m0/s1. The van der Waals surface area contributed by atoms with Crippen LogP contribution in [-0.2, 0) is 20.9 Å². The van der Waals surface area contributed by atoms with Gasteiger partial charge in [0, 0.05) is 4.47 Å². The monoisotopic (exact) mass is 398 g/mol. The molecule has 1 heterocycles. The van der Waals surface area contributed by atoms with Gasteiger partial charge in [-0.3, -0.25) is 4.79 Å². The molecule has 1 aliphatic rings. The van der Waals surface area contributed by atoms with Gasteiger partial charge in [-0.1, -0.05) is 41.9 Å². The molecule has 0 bridgehead atoms. The minimum absolute atomic E-state index is 0.0123. The molecule has 2 atom stereocenters. The highest BCUT2D eigenvalue weighted by atomic mass is 79.9. The van der Waals surface area contributed by atoms with E-state index in [2.05, 4.69) is 21.2 Å². The van der Waals surface area contributed by atoms with Gasteiger partial charge in [-0.2, -0.15) is 0 Å². The molecule has 1 saturated heterocycles. The number of nitrogens with one attached hydrogen (secondary N) is 1. The lowest BCUT2D eigenvalue weighted by atomic mass is 10.0. The van der Waals surface area contributed by atoms with Crippen molar-refractivity contribution < 1.29 is 24.2 Å². The maximum absolute atomic E-state index is 12.3. The molecule has 0 saturated carbocycles. The molecule has 130 valence electrons. The van der Waals surface area contributed by atoms with Crippen LogP contribution >= 0.6 is 15.9 Å². The molecule has 7 nitrogen and oxygen atoms in total. The van der Waals surface area contributed by atoms with Crippen LogP contribution in [0.3, 0.4) is 0 Å². The van der Waals surface area contributed by atoms with E-state index >= 15 is 0 Å². The van der Waals surface area contributed by atoms with Gasteiger partial charge in [0.25, 0.3) is 5.91 Å². The summed E-state index contributed by atoms with van der Waals surface area (Å²) in [6.45, 7) is 3.58. The summed E-state index contributed by atoms with van der Waals surface area (Å²) in [4.78, 5) is 36.5. The van der Waals surface area contributed by atoms with Crippen LogP contribution in [0.5, 0.6) is 0 Å². The van der Waals surface area contributed by atoms with Crippen LogP contribution < -0.4 is 5.32 Å². The molecule has 0 radical (unpaired) electrons. The molecule has 1 aliphatic heterocycles. The highest BCUT2D eigenvalue weighted by molar-refractivity contribution is 9.10. The number of carboxylic acids is 1. The van der Waals surface area contributed by atoms with Crippen molar-refractivity contribution in [1.82, 2.24) is 10.2 Å². The first-order valence-electron chi connectivity index (χ1n) is 7.49. The highest BCUT2D eigenvalue weighted by Gasteiger charge is 2.45. The Morgan fingerprint density at radius 2 is 1.96 bits per heavy atom. The number of ether oxygens (including phenoxy) is 1. The predicted molar refractivity (Wildman–Crippen MR) is 89.2 cm³/mol. The quantitative estimate of drug-likeness (QED) is 0.684. The lowest BCUT2D eigenvalue weighted by molar-refractivity contribution is -0.148. The number of hydrogen-bond acceptors (Lipinski definition) is 4. The minimum Gasteiger partial charge on any atom is -0.480 e. The zero-order chi connectivity index (χ0) is 17.9. The minimum atomic E-state index is -1.20. The lowest BCUT2D eigenvalue weighted by Gasteiger charge is -2.24. The maximum atomic E-state index is 12.3. The first-order chi connectivity index (χ1) is 11.3. The molecule has 24 heavy (non-hydrogen) atoms. The first-order valence-corrected chi connectivity index (χ1v) is 8.29. The third-order valence-corrected chi connectivity index (χ3v) is 4.21. The second-order valence-corrected chi connectivity index (χ2v) is 6.79. The maximum Gasteiger partial charge on any atom is 0.327 e. The van der Waals surface area contributed by atoms with Gasteiger partial charge >= 0.3 is 12.0 Å². The van der Waals surface area contributed by atoms with Gasteiger partial charge in [-0.05, 0) is 23.6 Å². The topological polar surface area (TPSA) is 95.9 Å². The molecule has 2 rings (SSSR count). The van der Waals surface area contributed by atoms with Crippen LogP contribution in [0.2, 0.25) is 0 Å². The third-order valence-electron chi connectivity index (χ3n) is 3.68. The summed E-state index contributed by atoms with van der Waals surface area (Å²) in [5, 5.41) is 11.7. The van der Waals surface area contributed by atoms with Crippen LogP contribution in [0.1, 0.15) is 19.4 Å². The molecular formula is C16H19BrN2O5. The number of urea groups is 1. The van der Waals surface area contributed by atoms with Gasteiger partial charge in [0.2, 0.25) is 0 Å². The van der Waals surface area contributed by atoms with Crippen molar-refractivity contribution in [3.63, 3.8) is 0 Å². The molecule has 3 amide bonds. The number of carbonyl (C=O) groups excluding carboxylic acids is 2. The molecule has 2 N–H and O–H groups in total. The van der Waals surface area contributed by atoms with Crippen molar-refractivity contribution >= 4 is 33.8 Å². The molecule has 8 heteroatoms. The van der Waals surface area contributed by atoms with Crippen molar-refractivity contribution in [2.45, 2.75) is 32.5 Å². The Labute approximate surface area is 148 Å². The highest BCUT2D eigenvalue weighted by Crippen LogP contribution is 2.18. The van der Waals surface area contributed by atoms with Crippen LogP contribution in [0.4, 0.5) is 4.79 Å². The van der Waals surface area contributed by atoms with E-state index in [1.54, 1.807) is 13.8 Å². The number of nitrogens with zero attached hydrogens (tertiary/aromatic N) is 1. The van der Waals surface area contributed by atoms with Gasteiger partial charge in [0.05, 0.1) is 13.2 Å². The van der Waals surface area contributed by atoms with Crippen molar-refractivity contribution in [3.8, 4) is 0 Å². The summed E-state index contributed by atoms with van der Waals surface area (Å²) in [5.41, 5.74) is 0.928. The largest absolute Gasteiger partial charge is 0.480 e. The van der Waals surface area contributed by atoms with E-state index in [0.717, 1.165) is 14.9 Å². The summed E-state index contributed by atoms with van der Waals surface area (Å²) >= 11 is 3.34. The predicted octanol–water partition coefficient (Wildman–Crippen LogP) is 2.00. The summed E-state index contributed by atoms with van der Waals surface area (Å²) in [5.74, 6) is -2.17. The van der Waals surface area contributed by atoms with Gasteiger partial charge in [-0.25, -0.2) is 14.5 Å². The summed E-state index contributed by atoms with van der Waals surface area (Å²) < 4.78 is 6.44. The zero-order valence-corrected chi connectivity index (χ0v) is 14.9. The SMILES string of the molecule is CC(C)[C@H](C(=O)O)N1C(=O)N[C@@H](COCc2ccc(Br)cc2)C1=O. The van der Waals surface area contributed by atoms with E-state index in [4.69, 9.17) is 4.74 Å². The molecule has 1 fully saturated rings. The van der Waals surface area contributed by atoms with Crippen LogP contribution in [0, 0.1) is 5.92 Å². The number of amides is 3. The fraction of sp³-hybridized carbons (Fsp3) is 0.438. The molecule has 0 aliphatic carbocycles. The smallest absolute Gasteiger partial charge is 0.327 e. The number of imide groups is 1. The Morgan fingerprint density at radius 1 is 1.33 bits per heavy atom. The number of rotatable bonds is 7. The van der Waals surface area contributed by atoms with Crippen molar-refractivity contribution in [1.29, 1.82) is 0 Å². The van der Waals surface area contributed by atoms with E-state index in [0.29, 0.717) is 6.61 Å². The number of benzene rings is 1. The van der Waals surface area contributed by atoms with Gasteiger partial charge in [0.15, 0.2) is 0 Å². The number of hydrogen-bond donors (Lipinski definition) is 2. The zero-order valence-electron chi connectivity index (χ0n) is 13.4. The number of aliphatic carboxylic acids is 1. The van der Waals surface area contributed by atoms with E-state index in [-0.39, 0.29) is 12.5 Å². The molecule has 1 aromatic rings. The Balaban J connectivity index is 1.95. The Bertz CT molecular complexity index is 632. The lowest BCUT2D eigenvalue weighted by Crippen LogP contribution is -2.48. The molecular weight excluding hydrogens is 380 g/mol. The van der Waals surface area contributed by atoms with Crippen molar-refractivity contribution in [2.24, 2.45) is 5.92 Å². The molecule has 1 aromatic carbocycles. The average molecular weight is 399 g/mol. The summed E-state index contributed by atoms with van der Waals surface area (Å²) in [6, 6.07) is 4.77. The number of carbonyl (C=O) groups is 3. The van der Waals surface area contributed by atoms with Crippen molar-refractivity contribution in [2.75, 3.05) is 6.61 Å². The number of carboxylic acid groups (broad SMARTS) is 1. The van der Waals surface area contributed by atoms with Crippen molar-refractivity contribution in [3.05, 3.63) is 34.3 Å². The van der Waals surface area contributed by atoms with Gasteiger partial charge in [-0.15, -0.1) is 0 Å². The Morgan fingerprint density at radius 3 is 2.50 bits per heavy atom. The molecule has 0 unspecified atom stereocenters. The third kappa shape index (κ3) is 4.12. The second-order valence-electron chi connectivity index (χ2n) is 5.88. The van der Waals surface area contributed by atoms with E-state index < -0.39 is 30.0 Å². The van der Waals surface area contributed by atoms with E-state index in [9.17, 15) is 19.5 Å². The molecule has 0 aromatic heterocycles.